The molecule has 2 aromatic rings. The van der Waals surface area contributed by atoms with Crippen LogP contribution in [0.2, 0.25) is 0 Å². The van der Waals surface area contributed by atoms with Crippen molar-refractivity contribution in [1.82, 2.24) is 0 Å². The number of ether oxygens (including phenoxy) is 1. The van der Waals surface area contributed by atoms with E-state index >= 15 is 0 Å². The Morgan fingerprint density at radius 3 is 2.50 bits per heavy atom. The van der Waals surface area contributed by atoms with Gasteiger partial charge in [0.15, 0.2) is 0 Å². The Morgan fingerprint density at radius 2 is 1.83 bits per heavy atom. The van der Waals surface area contributed by atoms with Crippen molar-refractivity contribution >= 4 is 11.8 Å². The molecule has 0 saturated carbocycles. The number of benzene rings is 2. The Balaban J connectivity index is 2.22. The molecule has 0 aliphatic heterocycles. The maximum absolute atomic E-state index is 5.44. The molecule has 0 amide bonds. The first-order chi connectivity index (χ1) is 8.83. The van der Waals surface area contributed by atoms with E-state index in [9.17, 15) is 0 Å². The third kappa shape index (κ3) is 3.30. The van der Waals surface area contributed by atoms with E-state index < -0.39 is 0 Å². The second kappa shape index (κ2) is 6.50. The molecule has 18 heavy (non-hydrogen) atoms. The molecule has 0 aliphatic rings. The van der Waals surface area contributed by atoms with Crippen molar-refractivity contribution in [3.8, 4) is 16.9 Å². The summed E-state index contributed by atoms with van der Waals surface area (Å²) in [5.74, 6) is 1.99. The van der Waals surface area contributed by atoms with Crippen LogP contribution in [0.4, 0.5) is 0 Å². The Morgan fingerprint density at radius 1 is 1.06 bits per heavy atom. The molecule has 1 nitrogen and oxygen atoms in total. The second-order valence-corrected chi connectivity index (χ2v) is 5.12. The zero-order valence-corrected chi connectivity index (χ0v) is 11.6. The monoisotopic (exact) mass is 257 g/mol. The van der Waals surface area contributed by atoms with Gasteiger partial charge in [0.1, 0.15) is 5.75 Å². The van der Waals surface area contributed by atoms with E-state index in [4.69, 9.17) is 4.74 Å². The van der Waals surface area contributed by atoms with Crippen LogP contribution < -0.4 is 4.74 Å². The van der Waals surface area contributed by atoms with Crippen LogP contribution in [0.5, 0.6) is 5.75 Å². The Kier molecular flexibility index (Phi) is 4.71. The molecule has 2 heteroatoms. The minimum Gasteiger partial charge on any atom is -0.494 e. The topological polar surface area (TPSA) is 9.23 Å². The SMILES string of the molecule is CCOc1ccc(-c2[c]c(SCC)ccc2)cc1. The lowest BCUT2D eigenvalue weighted by Crippen LogP contribution is -1.90. The van der Waals surface area contributed by atoms with Gasteiger partial charge in [-0.05, 0) is 42.0 Å². The van der Waals surface area contributed by atoms with Crippen molar-refractivity contribution in [3.05, 3.63) is 48.5 Å². The highest BCUT2D eigenvalue weighted by atomic mass is 32.2. The normalized spacial score (nSPS) is 10.3. The van der Waals surface area contributed by atoms with Crippen LogP contribution in [0.25, 0.3) is 11.1 Å². The Labute approximate surface area is 113 Å². The molecular weight excluding hydrogens is 240 g/mol. The minimum atomic E-state index is 0.702. The van der Waals surface area contributed by atoms with Gasteiger partial charge in [0.25, 0.3) is 0 Å². The van der Waals surface area contributed by atoms with Crippen LogP contribution in [0, 0.1) is 6.07 Å². The zero-order chi connectivity index (χ0) is 12.8. The number of thioether (sulfide) groups is 1. The molecule has 0 bridgehead atoms. The second-order valence-electron chi connectivity index (χ2n) is 3.82. The first-order valence-corrected chi connectivity index (χ1v) is 7.20. The van der Waals surface area contributed by atoms with E-state index in [1.54, 1.807) is 0 Å². The summed E-state index contributed by atoms with van der Waals surface area (Å²) in [6, 6.07) is 17.9. The molecule has 0 atom stereocenters. The summed E-state index contributed by atoms with van der Waals surface area (Å²) in [4.78, 5) is 1.20. The van der Waals surface area contributed by atoms with E-state index in [1.165, 1.54) is 10.5 Å². The summed E-state index contributed by atoms with van der Waals surface area (Å²) >= 11 is 1.82. The van der Waals surface area contributed by atoms with Crippen LogP contribution in [-0.4, -0.2) is 12.4 Å². The molecule has 93 valence electrons. The van der Waals surface area contributed by atoms with E-state index in [-0.39, 0.29) is 0 Å². The highest BCUT2D eigenvalue weighted by Gasteiger charge is 2.00. The lowest BCUT2D eigenvalue weighted by Gasteiger charge is -2.06. The summed E-state index contributed by atoms with van der Waals surface area (Å²) in [6.45, 7) is 4.85. The molecule has 0 heterocycles. The van der Waals surface area contributed by atoms with Crippen molar-refractivity contribution in [3.63, 3.8) is 0 Å². The molecule has 2 aromatic carbocycles. The van der Waals surface area contributed by atoms with Crippen LogP contribution in [0.15, 0.2) is 47.4 Å². The van der Waals surface area contributed by atoms with Crippen molar-refractivity contribution in [1.29, 1.82) is 0 Å². The lowest BCUT2D eigenvalue weighted by molar-refractivity contribution is 0.340. The maximum atomic E-state index is 5.44. The van der Waals surface area contributed by atoms with Gasteiger partial charge in [-0.2, -0.15) is 0 Å². The molecule has 2 rings (SSSR count). The number of rotatable bonds is 5. The van der Waals surface area contributed by atoms with Gasteiger partial charge in [-0.3, -0.25) is 0 Å². The van der Waals surface area contributed by atoms with E-state index in [0.29, 0.717) is 6.61 Å². The third-order valence-corrected chi connectivity index (χ3v) is 3.38. The molecule has 1 radical (unpaired) electrons. The molecule has 0 aliphatic carbocycles. The van der Waals surface area contributed by atoms with Crippen molar-refractivity contribution in [2.75, 3.05) is 12.4 Å². The van der Waals surface area contributed by atoms with Gasteiger partial charge in [0.05, 0.1) is 6.61 Å². The molecule has 0 fully saturated rings. The first-order valence-electron chi connectivity index (χ1n) is 6.22. The highest BCUT2D eigenvalue weighted by molar-refractivity contribution is 7.99. The van der Waals surface area contributed by atoms with Gasteiger partial charge in [0.2, 0.25) is 0 Å². The molecule has 0 spiro atoms. The van der Waals surface area contributed by atoms with Gasteiger partial charge in [-0.1, -0.05) is 31.2 Å². The van der Waals surface area contributed by atoms with Crippen molar-refractivity contribution < 1.29 is 4.74 Å². The molecule has 0 unspecified atom stereocenters. The fourth-order valence-electron chi connectivity index (χ4n) is 1.75. The Hall–Kier alpha value is -1.41. The maximum Gasteiger partial charge on any atom is 0.119 e. The van der Waals surface area contributed by atoms with Crippen LogP contribution in [0.3, 0.4) is 0 Å². The van der Waals surface area contributed by atoms with Gasteiger partial charge in [-0.15, -0.1) is 11.8 Å². The summed E-state index contributed by atoms with van der Waals surface area (Å²) in [5, 5.41) is 0. The summed E-state index contributed by atoms with van der Waals surface area (Å²) in [5.41, 5.74) is 2.31. The molecule has 0 saturated heterocycles. The fourth-order valence-corrected chi connectivity index (χ4v) is 2.42. The molecule has 0 N–H and O–H groups in total. The predicted octanol–water partition coefficient (Wildman–Crippen LogP) is 4.66. The van der Waals surface area contributed by atoms with E-state index in [0.717, 1.165) is 17.1 Å². The quantitative estimate of drug-likeness (QED) is 0.720. The van der Waals surface area contributed by atoms with Crippen molar-refractivity contribution in [2.45, 2.75) is 18.7 Å². The van der Waals surface area contributed by atoms with Gasteiger partial charge in [-0.25, -0.2) is 0 Å². The molecule has 0 aromatic heterocycles. The highest BCUT2D eigenvalue weighted by Crippen LogP contribution is 2.26. The summed E-state index contributed by atoms with van der Waals surface area (Å²) < 4.78 is 5.44. The van der Waals surface area contributed by atoms with Gasteiger partial charge in [0, 0.05) is 11.0 Å². The largest absolute Gasteiger partial charge is 0.494 e. The smallest absolute Gasteiger partial charge is 0.119 e. The van der Waals surface area contributed by atoms with E-state index in [2.05, 4.69) is 43.3 Å². The van der Waals surface area contributed by atoms with Gasteiger partial charge < -0.3 is 4.74 Å². The average molecular weight is 257 g/mol. The number of hydrogen-bond acceptors (Lipinski definition) is 2. The standard InChI is InChI=1S/C16H17OS/c1-3-17-15-10-8-13(9-11-15)14-6-5-7-16(12-14)18-4-2/h5-11H,3-4H2,1-2H3. The first kappa shape index (κ1) is 13.0. The van der Waals surface area contributed by atoms with Crippen molar-refractivity contribution in [2.24, 2.45) is 0 Å². The van der Waals surface area contributed by atoms with Crippen LogP contribution >= 0.6 is 11.8 Å². The zero-order valence-electron chi connectivity index (χ0n) is 10.8. The molecular formula is C16H17OS. The van der Waals surface area contributed by atoms with Gasteiger partial charge >= 0.3 is 0 Å². The fraction of sp³-hybridized carbons (Fsp3) is 0.250. The average Bonchev–Trinajstić information content (AvgIpc) is 2.41. The van der Waals surface area contributed by atoms with E-state index in [1.807, 2.05) is 30.8 Å². The van der Waals surface area contributed by atoms with Crippen LogP contribution in [0.1, 0.15) is 13.8 Å². The Bertz CT molecular complexity index is 491. The predicted molar refractivity (Wildman–Crippen MR) is 78.3 cm³/mol. The minimum absolute atomic E-state index is 0.702. The number of hydrogen-bond donors (Lipinski definition) is 0. The lowest BCUT2D eigenvalue weighted by atomic mass is 10.1. The third-order valence-electron chi connectivity index (χ3n) is 2.54. The van der Waals surface area contributed by atoms with Crippen LogP contribution in [-0.2, 0) is 0 Å². The summed E-state index contributed by atoms with van der Waals surface area (Å²) in [7, 11) is 0. The summed E-state index contributed by atoms with van der Waals surface area (Å²) in [6.07, 6.45) is 0.